The Bertz CT molecular complexity index is 866. The molecule has 0 aliphatic carbocycles. The Balaban J connectivity index is 1.51. The monoisotopic (exact) mass is 321 g/mol. The van der Waals surface area contributed by atoms with Crippen molar-refractivity contribution in [2.45, 2.75) is 6.92 Å². The maximum absolute atomic E-state index is 12.8. The van der Waals surface area contributed by atoms with Gasteiger partial charge in [-0.1, -0.05) is 17.7 Å². The molecule has 1 aliphatic rings. The third-order valence-electron chi connectivity index (χ3n) is 4.46. The van der Waals surface area contributed by atoms with Crippen LogP contribution in [0.25, 0.3) is 10.9 Å². The normalized spacial score (nSPS) is 15.0. The molecule has 1 amide bonds. The van der Waals surface area contributed by atoms with E-state index in [2.05, 4.69) is 20.1 Å². The Morgan fingerprint density at radius 3 is 2.71 bits per heavy atom. The van der Waals surface area contributed by atoms with E-state index < -0.39 is 0 Å². The molecule has 1 N–H and O–H groups in total. The molecule has 6 nitrogen and oxygen atoms in total. The van der Waals surface area contributed by atoms with E-state index in [4.69, 9.17) is 0 Å². The molecule has 0 atom stereocenters. The number of nitrogens with zero attached hydrogens (tertiary/aromatic N) is 4. The Hall–Kier alpha value is -2.89. The van der Waals surface area contributed by atoms with Gasteiger partial charge in [-0.3, -0.25) is 9.89 Å². The first-order valence-corrected chi connectivity index (χ1v) is 8.12. The number of benzene rings is 1. The summed E-state index contributed by atoms with van der Waals surface area (Å²) in [5, 5.41) is 8.09. The minimum atomic E-state index is -0.00693. The van der Waals surface area contributed by atoms with Gasteiger partial charge in [0.05, 0.1) is 5.52 Å². The number of carbonyl (C=O) groups excluding carboxylic acids is 1. The zero-order valence-electron chi connectivity index (χ0n) is 13.6. The van der Waals surface area contributed by atoms with Gasteiger partial charge in [0, 0.05) is 37.8 Å². The minimum Gasteiger partial charge on any atom is -0.353 e. The van der Waals surface area contributed by atoms with E-state index in [1.165, 1.54) is 0 Å². The molecule has 4 rings (SSSR count). The molecule has 1 aromatic carbocycles. The van der Waals surface area contributed by atoms with E-state index in [0.29, 0.717) is 18.8 Å². The van der Waals surface area contributed by atoms with Gasteiger partial charge < -0.3 is 9.80 Å². The number of carbonyl (C=O) groups is 1. The fourth-order valence-corrected chi connectivity index (χ4v) is 3.12. The van der Waals surface area contributed by atoms with Crippen molar-refractivity contribution in [1.82, 2.24) is 20.1 Å². The lowest BCUT2D eigenvalue weighted by atomic mass is 10.1. The topological polar surface area (TPSA) is 65.1 Å². The van der Waals surface area contributed by atoms with Crippen molar-refractivity contribution >= 4 is 22.6 Å². The summed E-state index contributed by atoms with van der Waals surface area (Å²) >= 11 is 0. The van der Waals surface area contributed by atoms with Crippen LogP contribution in [0.1, 0.15) is 16.1 Å². The second kappa shape index (κ2) is 5.96. The molecule has 0 radical (unpaired) electrons. The van der Waals surface area contributed by atoms with Crippen LogP contribution in [0, 0.1) is 6.92 Å². The lowest BCUT2D eigenvalue weighted by Crippen LogP contribution is -2.49. The van der Waals surface area contributed by atoms with Crippen molar-refractivity contribution in [2.75, 3.05) is 31.1 Å². The predicted molar refractivity (Wildman–Crippen MR) is 93.2 cm³/mol. The maximum atomic E-state index is 12.8. The number of amides is 1. The smallest absolute Gasteiger partial charge is 0.275 e. The maximum Gasteiger partial charge on any atom is 0.275 e. The molecule has 2 aromatic heterocycles. The number of aryl methyl sites for hydroxylation is 1. The average molecular weight is 321 g/mol. The molecule has 1 saturated heterocycles. The van der Waals surface area contributed by atoms with Gasteiger partial charge >= 0.3 is 0 Å². The van der Waals surface area contributed by atoms with E-state index in [-0.39, 0.29) is 5.91 Å². The number of pyridine rings is 1. The van der Waals surface area contributed by atoms with Crippen molar-refractivity contribution in [1.29, 1.82) is 0 Å². The van der Waals surface area contributed by atoms with Crippen LogP contribution in [0.3, 0.4) is 0 Å². The van der Waals surface area contributed by atoms with Crippen molar-refractivity contribution in [3.05, 3.63) is 53.9 Å². The van der Waals surface area contributed by atoms with Crippen molar-refractivity contribution in [2.24, 2.45) is 0 Å². The summed E-state index contributed by atoms with van der Waals surface area (Å²) in [5.74, 6) is 0.956. The number of anilines is 1. The Morgan fingerprint density at radius 1 is 1.12 bits per heavy atom. The number of H-pyrrole nitrogens is 1. The Labute approximate surface area is 140 Å². The number of aromatic nitrogens is 3. The number of piperazine rings is 1. The lowest BCUT2D eigenvalue weighted by Gasteiger charge is -2.35. The van der Waals surface area contributed by atoms with Gasteiger partial charge in [-0.15, -0.1) is 0 Å². The number of fused-ring (bicyclic) bond motifs is 1. The standard InChI is InChI=1S/C18H19N5O/c1-13-5-6-15-14(12-13)17(21-20-15)18(24)23-10-8-22(9-11-23)16-4-2-3-7-19-16/h2-7,12H,8-11H2,1H3,(H,20,21). The van der Waals surface area contributed by atoms with Crippen LogP contribution in [-0.4, -0.2) is 52.2 Å². The number of hydrogen-bond donors (Lipinski definition) is 1. The van der Waals surface area contributed by atoms with Crippen LogP contribution in [0.15, 0.2) is 42.6 Å². The van der Waals surface area contributed by atoms with E-state index >= 15 is 0 Å². The summed E-state index contributed by atoms with van der Waals surface area (Å²) in [6.45, 7) is 4.94. The summed E-state index contributed by atoms with van der Waals surface area (Å²) in [4.78, 5) is 21.3. The summed E-state index contributed by atoms with van der Waals surface area (Å²) in [6.07, 6.45) is 1.80. The molecule has 6 heteroatoms. The fraction of sp³-hybridized carbons (Fsp3) is 0.278. The largest absolute Gasteiger partial charge is 0.353 e. The van der Waals surface area contributed by atoms with Crippen LogP contribution in [0.2, 0.25) is 0 Å². The van der Waals surface area contributed by atoms with Crippen molar-refractivity contribution in [3.8, 4) is 0 Å². The van der Waals surface area contributed by atoms with E-state index in [1.807, 2.05) is 48.2 Å². The van der Waals surface area contributed by atoms with Gasteiger partial charge in [0.25, 0.3) is 5.91 Å². The highest BCUT2D eigenvalue weighted by Gasteiger charge is 2.25. The number of aromatic amines is 1. The highest BCUT2D eigenvalue weighted by molar-refractivity contribution is 6.04. The van der Waals surface area contributed by atoms with E-state index in [9.17, 15) is 4.79 Å². The Morgan fingerprint density at radius 2 is 1.96 bits per heavy atom. The van der Waals surface area contributed by atoms with Gasteiger partial charge in [-0.25, -0.2) is 4.98 Å². The second-order valence-corrected chi connectivity index (χ2v) is 6.09. The Kier molecular flexibility index (Phi) is 3.65. The molecular formula is C18H19N5O. The number of hydrogen-bond acceptors (Lipinski definition) is 4. The first-order chi connectivity index (χ1) is 11.7. The van der Waals surface area contributed by atoms with Gasteiger partial charge in [-0.05, 0) is 31.2 Å². The summed E-state index contributed by atoms with van der Waals surface area (Å²) < 4.78 is 0. The van der Waals surface area contributed by atoms with E-state index in [0.717, 1.165) is 35.4 Å². The fourth-order valence-electron chi connectivity index (χ4n) is 3.12. The molecular weight excluding hydrogens is 302 g/mol. The molecule has 0 saturated carbocycles. The highest BCUT2D eigenvalue weighted by atomic mass is 16.2. The predicted octanol–water partition coefficient (Wildman–Crippen LogP) is 2.23. The lowest BCUT2D eigenvalue weighted by molar-refractivity contribution is 0.0742. The summed E-state index contributed by atoms with van der Waals surface area (Å²) in [6, 6.07) is 11.9. The SMILES string of the molecule is Cc1ccc2[nH]nc(C(=O)N3CCN(c4ccccn4)CC3)c2c1. The van der Waals surface area contributed by atoms with Gasteiger partial charge in [0.2, 0.25) is 0 Å². The van der Waals surface area contributed by atoms with Gasteiger partial charge in [-0.2, -0.15) is 5.10 Å². The summed E-state index contributed by atoms with van der Waals surface area (Å²) in [5.41, 5.74) is 2.54. The molecule has 0 spiro atoms. The molecule has 3 heterocycles. The molecule has 3 aromatic rings. The first kappa shape index (κ1) is 14.7. The third-order valence-corrected chi connectivity index (χ3v) is 4.46. The average Bonchev–Trinajstić information content (AvgIpc) is 3.05. The first-order valence-electron chi connectivity index (χ1n) is 8.12. The van der Waals surface area contributed by atoms with Crippen LogP contribution >= 0.6 is 0 Å². The van der Waals surface area contributed by atoms with Crippen LogP contribution in [0.5, 0.6) is 0 Å². The second-order valence-electron chi connectivity index (χ2n) is 6.09. The third kappa shape index (κ3) is 2.60. The highest BCUT2D eigenvalue weighted by Crippen LogP contribution is 2.20. The van der Waals surface area contributed by atoms with Crippen molar-refractivity contribution in [3.63, 3.8) is 0 Å². The summed E-state index contributed by atoms with van der Waals surface area (Å²) in [7, 11) is 0. The van der Waals surface area contributed by atoms with Crippen LogP contribution < -0.4 is 4.90 Å². The van der Waals surface area contributed by atoms with Crippen LogP contribution in [-0.2, 0) is 0 Å². The zero-order valence-corrected chi connectivity index (χ0v) is 13.6. The zero-order chi connectivity index (χ0) is 16.5. The molecule has 1 fully saturated rings. The van der Waals surface area contributed by atoms with Gasteiger partial charge in [0.1, 0.15) is 5.82 Å². The molecule has 24 heavy (non-hydrogen) atoms. The molecule has 1 aliphatic heterocycles. The quantitative estimate of drug-likeness (QED) is 0.786. The van der Waals surface area contributed by atoms with Crippen LogP contribution in [0.4, 0.5) is 5.82 Å². The van der Waals surface area contributed by atoms with E-state index in [1.54, 1.807) is 6.20 Å². The number of rotatable bonds is 2. The minimum absolute atomic E-state index is 0.00693. The van der Waals surface area contributed by atoms with Gasteiger partial charge in [0.15, 0.2) is 5.69 Å². The number of nitrogens with one attached hydrogen (secondary N) is 1. The molecule has 0 unspecified atom stereocenters. The van der Waals surface area contributed by atoms with Crippen molar-refractivity contribution < 1.29 is 4.79 Å². The molecule has 0 bridgehead atoms. The molecule has 122 valence electrons.